The maximum absolute atomic E-state index is 12.3. The Morgan fingerprint density at radius 2 is 2.20 bits per heavy atom. The summed E-state index contributed by atoms with van der Waals surface area (Å²) in [5, 5.41) is 8.97. The zero-order valence-corrected chi connectivity index (χ0v) is 11.9. The van der Waals surface area contributed by atoms with Crippen LogP contribution in [-0.4, -0.2) is 34.5 Å². The van der Waals surface area contributed by atoms with E-state index >= 15 is 0 Å². The lowest BCUT2D eigenvalue weighted by Crippen LogP contribution is -2.33. The minimum absolute atomic E-state index is 0.0225. The molecule has 0 aliphatic carbocycles. The fourth-order valence-corrected chi connectivity index (χ4v) is 2.60. The molecule has 1 atom stereocenters. The van der Waals surface area contributed by atoms with E-state index in [0.717, 1.165) is 25.5 Å². The molecule has 1 fully saturated rings. The minimum Gasteiger partial charge on any atom is -0.478 e. The predicted molar refractivity (Wildman–Crippen MR) is 77.9 cm³/mol. The van der Waals surface area contributed by atoms with Crippen molar-refractivity contribution in [2.24, 2.45) is 0 Å². The Balaban J connectivity index is 2.20. The summed E-state index contributed by atoms with van der Waals surface area (Å²) in [6, 6.07) is 5.19. The highest BCUT2D eigenvalue weighted by Crippen LogP contribution is 2.23. The van der Waals surface area contributed by atoms with Gasteiger partial charge < -0.3 is 10.0 Å². The lowest BCUT2D eigenvalue weighted by Gasteiger charge is -2.21. The van der Waals surface area contributed by atoms with E-state index in [1.54, 1.807) is 18.2 Å². The van der Waals surface area contributed by atoms with Crippen LogP contribution in [0.3, 0.4) is 0 Å². The predicted octanol–water partition coefficient (Wildman–Crippen LogP) is 3.06. The molecule has 1 aromatic carbocycles. The van der Waals surface area contributed by atoms with Crippen molar-refractivity contribution in [3.8, 4) is 0 Å². The van der Waals surface area contributed by atoms with Crippen LogP contribution in [0.2, 0.25) is 5.02 Å². The molecule has 1 heterocycles. The Kier molecular flexibility index (Phi) is 4.45. The summed E-state index contributed by atoms with van der Waals surface area (Å²) >= 11 is 6.09. The van der Waals surface area contributed by atoms with Crippen LogP contribution in [0.1, 0.15) is 35.7 Å². The van der Waals surface area contributed by atoms with Crippen LogP contribution in [0.4, 0.5) is 0 Å². The largest absolute Gasteiger partial charge is 0.478 e. The Labute approximate surface area is 122 Å². The molecule has 1 saturated heterocycles. The number of rotatable bonds is 3. The second-order valence-electron chi connectivity index (χ2n) is 4.90. The van der Waals surface area contributed by atoms with Gasteiger partial charge in [0.1, 0.15) is 0 Å². The van der Waals surface area contributed by atoms with Crippen molar-refractivity contribution in [2.75, 3.05) is 6.54 Å². The summed E-state index contributed by atoms with van der Waals surface area (Å²) in [5.41, 5.74) is 1.12. The first-order valence-electron chi connectivity index (χ1n) is 6.50. The van der Waals surface area contributed by atoms with Gasteiger partial charge >= 0.3 is 5.97 Å². The number of halogens is 1. The van der Waals surface area contributed by atoms with Crippen LogP contribution in [0.15, 0.2) is 24.3 Å². The van der Waals surface area contributed by atoms with Gasteiger partial charge in [-0.1, -0.05) is 17.7 Å². The molecule has 0 bridgehead atoms. The molecule has 0 aromatic heterocycles. The maximum Gasteiger partial charge on any atom is 0.328 e. The van der Waals surface area contributed by atoms with E-state index in [4.69, 9.17) is 16.7 Å². The van der Waals surface area contributed by atoms with Gasteiger partial charge in [0.15, 0.2) is 0 Å². The molecule has 106 valence electrons. The summed E-state index contributed by atoms with van der Waals surface area (Å²) in [6.07, 6.45) is 4.49. The van der Waals surface area contributed by atoms with Gasteiger partial charge in [-0.2, -0.15) is 0 Å². The number of hydrogen-bond acceptors (Lipinski definition) is 2. The molecule has 1 aliphatic heterocycles. The van der Waals surface area contributed by atoms with Crippen molar-refractivity contribution in [3.05, 3.63) is 40.4 Å². The van der Waals surface area contributed by atoms with Gasteiger partial charge in [0.05, 0.1) is 0 Å². The lowest BCUT2D eigenvalue weighted by atomic mass is 10.1. The fourth-order valence-electron chi connectivity index (χ4n) is 2.36. The first kappa shape index (κ1) is 14.6. The third-order valence-electron chi connectivity index (χ3n) is 3.47. The molecular weight excluding hydrogens is 278 g/mol. The van der Waals surface area contributed by atoms with Crippen LogP contribution in [0.5, 0.6) is 0 Å². The smallest absolute Gasteiger partial charge is 0.328 e. The van der Waals surface area contributed by atoms with Crippen molar-refractivity contribution in [3.63, 3.8) is 0 Å². The number of carboxylic acid groups (broad SMARTS) is 1. The number of nitrogens with zero attached hydrogens (tertiary/aromatic N) is 1. The highest BCUT2D eigenvalue weighted by molar-refractivity contribution is 6.32. The van der Waals surface area contributed by atoms with Crippen molar-refractivity contribution >= 4 is 29.6 Å². The van der Waals surface area contributed by atoms with Crippen LogP contribution < -0.4 is 0 Å². The van der Waals surface area contributed by atoms with Gasteiger partial charge in [0.25, 0.3) is 5.91 Å². The van der Waals surface area contributed by atoms with Gasteiger partial charge in [-0.25, -0.2) is 4.79 Å². The molecule has 0 saturated carbocycles. The molecule has 0 radical (unpaired) electrons. The number of carbonyl (C=O) groups excluding carboxylic acids is 1. The summed E-state index contributed by atoms with van der Waals surface area (Å²) in [6.45, 7) is 2.81. The number of hydrogen-bond donors (Lipinski definition) is 1. The van der Waals surface area contributed by atoms with E-state index in [0.29, 0.717) is 16.1 Å². The Hall–Kier alpha value is -1.81. The zero-order valence-electron chi connectivity index (χ0n) is 11.2. The standard InChI is InChI=1S/C15H16ClNO3/c1-10-3-2-8-17(10)15(20)12-5-4-11(13(16)9-12)6-7-14(18)19/h4-7,9-10H,2-3,8H2,1H3,(H,18,19)/b7-6+. The first-order valence-corrected chi connectivity index (χ1v) is 6.88. The molecule has 20 heavy (non-hydrogen) atoms. The van der Waals surface area contributed by atoms with Crippen LogP contribution in [-0.2, 0) is 4.79 Å². The van der Waals surface area contributed by atoms with E-state index in [1.807, 2.05) is 11.8 Å². The highest BCUT2D eigenvalue weighted by Gasteiger charge is 2.26. The number of benzene rings is 1. The Morgan fingerprint density at radius 3 is 2.75 bits per heavy atom. The molecule has 1 aliphatic rings. The SMILES string of the molecule is CC1CCCN1C(=O)c1ccc(/C=C/C(=O)O)c(Cl)c1. The average Bonchev–Trinajstić information content (AvgIpc) is 2.82. The molecule has 0 spiro atoms. The molecule has 1 N–H and O–H groups in total. The Bertz CT molecular complexity index is 568. The van der Waals surface area contributed by atoms with E-state index in [9.17, 15) is 9.59 Å². The zero-order chi connectivity index (χ0) is 14.7. The molecule has 1 unspecified atom stereocenters. The lowest BCUT2D eigenvalue weighted by molar-refractivity contribution is -0.131. The normalized spacial score (nSPS) is 18.7. The second kappa shape index (κ2) is 6.09. The van der Waals surface area contributed by atoms with Gasteiger partial charge in [0, 0.05) is 29.2 Å². The van der Waals surface area contributed by atoms with Crippen LogP contribution >= 0.6 is 11.6 Å². The van der Waals surface area contributed by atoms with Crippen molar-refractivity contribution < 1.29 is 14.7 Å². The summed E-state index contributed by atoms with van der Waals surface area (Å²) in [4.78, 5) is 24.7. The third kappa shape index (κ3) is 3.20. The van der Waals surface area contributed by atoms with E-state index in [1.165, 1.54) is 6.08 Å². The van der Waals surface area contributed by atoms with Crippen LogP contribution in [0.25, 0.3) is 6.08 Å². The maximum atomic E-state index is 12.3. The average molecular weight is 294 g/mol. The minimum atomic E-state index is -1.04. The van der Waals surface area contributed by atoms with Gasteiger partial charge in [-0.05, 0) is 43.5 Å². The van der Waals surface area contributed by atoms with Gasteiger partial charge in [-0.15, -0.1) is 0 Å². The highest BCUT2D eigenvalue weighted by atomic mass is 35.5. The number of carbonyl (C=O) groups is 2. The summed E-state index contributed by atoms with van der Waals surface area (Å²) < 4.78 is 0. The molecule has 4 nitrogen and oxygen atoms in total. The second-order valence-corrected chi connectivity index (χ2v) is 5.30. The third-order valence-corrected chi connectivity index (χ3v) is 3.79. The van der Waals surface area contributed by atoms with Crippen molar-refractivity contribution in [1.29, 1.82) is 0 Å². The summed E-state index contributed by atoms with van der Waals surface area (Å²) in [5.74, 6) is -1.06. The van der Waals surface area contributed by atoms with E-state index in [-0.39, 0.29) is 11.9 Å². The molecule has 5 heteroatoms. The molecule has 1 aromatic rings. The van der Waals surface area contributed by atoms with Crippen molar-refractivity contribution in [2.45, 2.75) is 25.8 Å². The molecule has 2 rings (SSSR count). The van der Waals surface area contributed by atoms with Crippen LogP contribution in [0, 0.1) is 0 Å². The molecular formula is C15H16ClNO3. The number of amides is 1. The van der Waals surface area contributed by atoms with E-state index in [2.05, 4.69) is 0 Å². The fraction of sp³-hybridized carbons (Fsp3) is 0.333. The summed E-state index contributed by atoms with van der Waals surface area (Å²) in [7, 11) is 0. The number of carboxylic acids is 1. The monoisotopic (exact) mass is 293 g/mol. The topological polar surface area (TPSA) is 57.6 Å². The molecule has 1 amide bonds. The van der Waals surface area contributed by atoms with E-state index < -0.39 is 5.97 Å². The number of aliphatic carboxylic acids is 1. The van der Waals surface area contributed by atoms with Crippen molar-refractivity contribution in [1.82, 2.24) is 4.90 Å². The van der Waals surface area contributed by atoms with Gasteiger partial charge in [-0.3, -0.25) is 4.79 Å². The Morgan fingerprint density at radius 1 is 1.45 bits per heavy atom. The van der Waals surface area contributed by atoms with Gasteiger partial charge in [0.2, 0.25) is 0 Å². The first-order chi connectivity index (χ1) is 9.49. The quantitative estimate of drug-likeness (QED) is 0.871. The number of likely N-dealkylation sites (tertiary alicyclic amines) is 1.